The molecule has 0 spiro atoms. The lowest BCUT2D eigenvalue weighted by atomic mass is 10.0. The first-order valence-electron chi connectivity index (χ1n) is 13.0. The molecule has 0 unspecified atom stereocenters. The number of fused-ring (bicyclic) bond motifs is 1. The lowest BCUT2D eigenvalue weighted by molar-refractivity contribution is -0.116. The van der Waals surface area contributed by atoms with E-state index in [2.05, 4.69) is 47.5 Å². The molecule has 0 atom stereocenters. The second-order valence-electron chi connectivity index (χ2n) is 10.3. The van der Waals surface area contributed by atoms with Crippen molar-refractivity contribution in [1.82, 2.24) is 19.8 Å². The number of aromatic nitrogens is 2. The zero-order valence-corrected chi connectivity index (χ0v) is 22.8. The zero-order valence-electron chi connectivity index (χ0n) is 22.0. The number of benzene rings is 1. The van der Waals surface area contributed by atoms with Gasteiger partial charge in [0.1, 0.15) is 0 Å². The molecule has 2 aromatic rings. The third-order valence-corrected chi connectivity index (χ3v) is 7.16. The van der Waals surface area contributed by atoms with E-state index in [9.17, 15) is 9.59 Å². The average Bonchev–Trinajstić information content (AvgIpc) is 3.27. The number of carbonyl (C=O) groups is 2. The summed E-state index contributed by atoms with van der Waals surface area (Å²) in [5.41, 5.74) is 3.52. The van der Waals surface area contributed by atoms with Gasteiger partial charge in [-0.15, -0.1) is 5.10 Å². The lowest BCUT2D eigenvalue weighted by Crippen LogP contribution is -2.34. The Morgan fingerprint density at radius 1 is 1.06 bits per heavy atom. The van der Waals surface area contributed by atoms with Crippen LogP contribution in [-0.2, 0) is 17.9 Å². The molecule has 192 valence electrons. The van der Waals surface area contributed by atoms with Gasteiger partial charge in [-0.3, -0.25) is 14.5 Å². The van der Waals surface area contributed by atoms with Crippen molar-refractivity contribution < 1.29 is 9.59 Å². The van der Waals surface area contributed by atoms with Gasteiger partial charge in [0, 0.05) is 37.8 Å². The number of rotatable bonds is 6. The molecule has 7 nitrogen and oxygen atoms in total. The Kier molecular flexibility index (Phi) is 10.2. The van der Waals surface area contributed by atoms with Crippen molar-refractivity contribution in [1.29, 1.82) is 0 Å². The summed E-state index contributed by atoms with van der Waals surface area (Å²) in [6.07, 6.45) is 5.74. The number of anilines is 1. The summed E-state index contributed by atoms with van der Waals surface area (Å²) < 4.78 is 4.06. The van der Waals surface area contributed by atoms with Crippen LogP contribution in [0.25, 0.3) is 0 Å². The monoisotopic (exact) mass is 499 g/mol. The summed E-state index contributed by atoms with van der Waals surface area (Å²) in [5.74, 6) is 0.745. The highest BCUT2D eigenvalue weighted by Crippen LogP contribution is 2.27. The van der Waals surface area contributed by atoms with Gasteiger partial charge in [-0.25, -0.2) is 0 Å². The molecule has 0 saturated heterocycles. The van der Waals surface area contributed by atoms with Crippen molar-refractivity contribution in [3.63, 3.8) is 0 Å². The molecule has 35 heavy (non-hydrogen) atoms. The molecule has 0 aliphatic carbocycles. The van der Waals surface area contributed by atoms with Crippen LogP contribution in [0.15, 0.2) is 18.2 Å². The first-order chi connectivity index (χ1) is 16.8. The highest BCUT2D eigenvalue weighted by atomic mass is 32.1. The second-order valence-corrected chi connectivity index (χ2v) is 11.2. The standard InChI is InChI=1S/C27H41N5O2S/c1-19(2)17-31-13-9-7-6-8-10-14-32(21(5)33)24-12-11-22(15-23(24)18-31)27(34)28-16-25-26(20(3)4)29-30-35-25/h11-12,15,19-20H,6-10,13-14,16-18H2,1-5H3,(H,28,34). The molecule has 1 aromatic carbocycles. The highest BCUT2D eigenvalue weighted by molar-refractivity contribution is 7.05. The Bertz CT molecular complexity index is 988. The summed E-state index contributed by atoms with van der Waals surface area (Å²) in [6.45, 7) is 14.2. The molecule has 0 radical (unpaired) electrons. The van der Waals surface area contributed by atoms with Crippen molar-refractivity contribution in [3.8, 4) is 0 Å². The minimum atomic E-state index is -0.119. The van der Waals surface area contributed by atoms with Crippen LogP contribution in [0.5, 0.6) is 0 Å². The van der Waals surface area contributed by atoms with Gasteiger partial charge in [0.2, 0.25) is 5.91 Å². The molecule has 1 aliphatic rings. The summed E-state index contributed by atoms with van der Waals surface area (Å²) in [5, 5.41) is 7.25. The molecule has 1 N–H and O–H groups in total. The van der Waals surface area contributed by atoms with Gasteiger partial charge in [0.15, 0.2) is 0 Å². The molecule has 0 bridgehead atoms. The fraction of sp³-hybridized carbons (Fsp3) is 0.630. The van der Waals surface area contributed by atoms with Crippen LogP contribution in [0.3, 0.4) is 0 Å². The molecule has 1 aliphatic heterocycles. The van der Waals surface area contributed by atoms with Gasteiger partial charge < -0.3 is 10.2 Å². The topological polar surface area (TPSA) is 78.4 Å². The summed E-state index contributed by atoms with van der Waals surface area (Å²) in [4.78, 5) is 31.1. The van der Waals surface area contributed by atoms with E-state index in [0.29, 0.717) is 24.6 Å². The predicted molar refractivity (Wildman–Crippen MR) is 143 cm³/mol. The first kappa shape index (κ1) is 27.3. The van der Waals surface area contributed by atoms with E-state index in [1.807, 2.05) is 23.1 Å². The normalized spacial score (nSPS) is 16.0. The lowest BCUT2D eigenvalue weighted by Gasteiger charge is -2.30. The number of hydrogen-bond donors (Lipinski definition) is 1. The smallest absolute Gasteiger partial charge is 0.251 e. The molecule has 0 fully saturated rings. The maximum absolute atomic E-state index is 13.1. The predicted octanol–water partition coefficient (Wildman–Crippen LogP) is 5.37. The molecule has 2 amide bonds. The van der Waals surface area contributed by atoms with E-state index in [0.717, 1.165) is 54.3 Å². The van der Waals surface area contributed by atoms with Crippen molar-refractivity contribution in [3.05, 3.63) is 39.9 Å². The third-order valence-electron chi connectivity index (χ3n) is 6.43. The highest BCUT2D eigenvalue weighted by Gasteiger charge is 2.21. The van der Waals surface area contributed by atoms with Crippen LogP contribution >= 0.6 is 11.5 Å². The summed E-state index contributed by atoms with van der Waals surface area (Å²) >= 11 is 1.33. The molecule has 3 rings (SSSR count). The molecular weight excluding hydrogens is 458 g/mol. The Morgan fingerprint density at radius 2 is 1.77 bits per heavy atom. The maximum atomic E-state index is 13.1. The van der Waals surface area contributed by atoms with E-state index in [-0.39, 0.29) is 17.7 Å². The number of nitrogens with one attached hydrogen (secondary N) is 1. The number of amides is 2. The van der Waals surface area contributed by atoms with Crippen LogP contribution in [-0.4, -0.2) is 45.9 Å². The van der Waals surface area contributed by atoms with Gasteiger partial charge in [0.25, 0.3) is 5.91 Å². The Labute approximate surface area is 214 Å². The van der Waals surface area contributed by atoms with Crippen molar-refractivity contribution in [2.75, 3.05) is 24.5 Å². The van der Waals surface area contributed by atoms with Gasteiger partial charge in [-0.2, -0.15) is 0 Å². The summed E-state index contributed by atoms with van der Waals surface area (Å²) in [6, 6.07) is 5.78. The molecule has 1 aromatic heterocycles. The van der Waals surface area contributed by atoms with E-state index >= 15 is 0 Å². The zero-order chi connectivity index (χ0) is 25.4. The Hall–Kier alpha value is -2.32. The van der Waals surface area contributed by atoms with E-state index < -0.39 is 0 Å². The van der Waals surface area contributed by atoms with Crippen LogP contribution in [0.1, 0.15) is 99.1 Å². The molecule has 2 heterocycles. The van der Waals surface area contributed by atoms with Crippen molar-refractivity contribution in [2.24, 2.45) is 5.92 Å². The second kappa shape index (κ2) is 13.1. The van der Waals surface area contributed by atoms with Crippen LogP contribution in [0.4, 0.5) is 5.69 Å². The van der Waals surface area contributed by atoms with Gasteiger partial charge in [-0.05, 0) is 66.5 Å². The quantitative estimate of drug-likeness (QED) is 0.578. The Balaban J connectivity index is 1.88. The number of hydrogen-bond acceptors (Lipinski definition) is 6. The largest absolute Gasteiger partial charge is 0.347 e. The molecular formula is C27H41N5O2S. The van der Waals surface area contributed by atoms with Gasteiger partial charge in [-0.1, -0.05) is 51.4 Å². The SMILES string of the molecule is CC(=O)N1CCCCCCCN(CC(C)C)Cc2cc(C(=O)NCc3snnc3C(C)C)ccc21. The molecule has 8 heteroatoms. The van der Waals surface area contributed by atoms with E-state index in [4.69, 9.17) is 0 Å². The molecule has 0 saturated carbocycles. The minimum absolute atomic E-state index is 0.0508. The fourth-order valence-corrected chi connectivity index (χ4v) is 5.47. The van der Waals surface area contributed by atoms with Crippen molar-refractivity contribution >= 4 is 29.0 Å². The minimum Gasteiger partial charge on any atom is -0.347 e. The maximum Gasteiger partial charge on any atom is 0.251 e. The summed E-state index contributed by atoms with van der Waals surface area (Å²) in [7, 11) is 0. The van der Waals surface area contributed by atoms with Crippen molar-refractivity contribution in [2.45, 2.75) is 85.7 Å². The number of nitrogens with zero attached hydrogens (tertiary/aromatic N) is 4. The Morgan fingerprint density at radius 3 is 2.46 bits per heavy atom. The number of carbonyl (C=O) groups excluding carboxylic acids is 2. The first-order valence-corrected chi connectivity index (χ1v) is 13.8. The average molecular weight is 500 g/mol. The van der Waals surface area contributed by atoms with Gasteiger partial charge in [0.05, 0.1) is 17.1 Å². The van der Waals surface area contributed by atoms with E-state index in [1.54, 1.807) is 6.92 Å². The third kappa shape index (κ3) is 7.84. The van der Waals surface area contributed by atoms with Gasteiger partial charge >= 0.3 is 0 Å². The van der Waals surface area contributed by atoms with E-state index in [1.165, 1.54) is 30.8 Å². The van der Waals surface area contributed by atoms with Crippen LogP contribution in [0, 0.1) is 5.92 Å². The van der Waals surface area contributed by atoms with Crippen LogP contribution in [0.2, 0.25) is 0 Å². The fourth-order valence-electron chi connectivity index (χ4n) is 4.73. The van der Waals surface area contributed by atoms with Crippen LogP contribution < -0.4 is 10.2 Å².